The van der Waals surface area contributed by atoms with Crippen LogP contribution in [0.5, 0.6) is 11.5 Å². The molecule has 0 saturated carbocycles. The van der Waals surface area contributed by atoms with Gasteiger partial charge in [0.2, 0.25) is 11.6 Å². The first kappa shape index (κ1) is 39.0. The van der Waals surface area contributed by atoms with Crippen molar-refractivity contribution in [2.24, 2.45) is 0 Å². The number of nitrogen functional groups attached to an aromatic ring is 1. The Balaban J connectivity index is 0.000000197. The number of halogens is 5. The number of anilines is 1. The minimum Gasteiger partial charge on any atom is -0.496 e. The Hall–Kier alpha value is -6.75. The molecule has 0 aliphatic heterocycles. The van der Waals surface area contributed by atoms with Crippen LogP contribution in [0.3, 0.4) is 0 Å². The third-order valence-corrected chi connectivity index (χ3v) is 7.20. The lowest BCUT2D eigenvalue weighted by atomic mass is 10.1. The molecule has 0 aliphatic rings. The van der Waals surface area contributed by atoms with Gasteiger partial charge >= 0.3 is 11.4 Å². The van der Waals surface area contributed by atoms with Crippen molar-refractivity contribution < 1.29 is 36.9 Å². The molecule has 0 amide bonds. The molecule has 13 nitrogen and oxygen atoms in total. The molecule has 0 bridgehead atoms. The van der Waals surface area contributed by atoms with Gasteiger partial charge in [0.1, 0.15) is 40.9 Å². The monoisotopic (exact) mass is 751 g/mol. The van der Waals surface area contributed by atoms with E-state index < -0.39 is 38.7 Å². The van der Waals surface area contributed by atoms with Crippen LogP contribution >= 0.6 is 11.6 Å². The molecule has 0 fully saturated rings. The van der Waals surface area contributed by atoms with Gasteiger partial charge in [0.15, 0.2) is 0 Å². The number of nitrogens with zero attached hydrogens (tertiary/aromatic N) is 6. The molecule has 0 radical (unpaired) electrons. The maximum absolute atomic E-state index is 13.4. The van der Waals surface area contributed by atoms with Crippen LogP contribution in [0.1, 0.15) is 11.3 Å². The number of benzene rings is 4. The Morgan fingerprint density at radius 2 is 1.17 bits per heavy atom. The van der Waals surface area contributed by atoms with Crippen LogP contribution in [-0.2, 0) is 6.42 Å². The third kappa shape index (κ3) is 10.6. The molecule has 4 aromatic carbocycles. The molecule has 6 aromatic rings. The van der Waals surface area contributed by atoms with Gasteiger partial charge in [-0.3, -0.25) is 20.2 Å². The molecule has 0 atom stereocenters. The van der Waals surface area contributed by atoms with Gasteiger partial charge < -0.3 is 15.2 Å². The predicted molar refractivity (Wildman–Crippen MR) is 186 cm³/mol. The lowest BCUT2D eigenvalue weighted by molar-refractivity contribution is -0.387. The highest BCUT2D eigenvalue weighted by Crippen LogP contribution is 2.31. The van der Waals surface area contributed by atoms with Crippen molar-refractivity contribution in [2.75, 3.05) is 20.0 Å². The first-order chi connectivity index (χ1) is 25.3. The lowest BCUT2D eigenvalue weighted by Crippen LogP contribution is -1.99. The van der Waals surface area contributed by atoms with Crippen LogP contribution in [0.4, 0.5) is 34.6 Å². The number of methoxy groups -OCH3 is 2. The summed E-state index contributed by atoms with van der Waals surface area (Å²) in [6, 6.07) is 18.5. The molecule has 18 heteroatoms. The first-order valence-electron chi connectivity index (χ1n) is 14.9. The van der Waals surface area contributed by atoms with Gasteiger partial charge in [0.05, 0.1) is 35.5 Å². The Labute approximate surface area is 303 Å². The van der Waals surface area contributed by atoms with Gasteiger partial charge in [0.25, 0.3) is 0 Å². The maximum Gasteiger partial charge on any atom is 0.306 e. The Morgan fingerprint density at radius 1 is 0.660 bits per heavy atom. The standard InChI is InChI=1S/C18H13F2N3O3.C11H8ClFN2O.C6H5FN2O2/c1-26-18-8-12(19)3-4-14(18)16-9-13(21-10-22-16)6-11-2-5-15(20)17(7-11)23(24)25;1-16-10-4-7(13)2-3-8(10)9-5-11(12)15-6-14-9;7-5-2-1-4(8)3-6(5)9(10)11/h2-5,7-10H,6H2,1H3;2-6H,1H3;1-3H,8H2. The number of rotatable bonds is 8. The summed E-state index contributed by atoms with van der Waals surface area (Å²) >= 11 is 5.76. The molecule has 2 heterocycles. The van der Waals surface area contributed by atoms with Crippen LogP contribution in [0.2, 0.25) is 5.15 Å². The van der Waals surface area contributed by atoms with Crippen LogP contribution in [0.15, 0.2) is 97.6 Å². The molecule has 6 rings (SSSR count). The molecule has 2 aromatic heterocycles. The van der Waals surface area contributed by atoms with Crippen molar-refractivity contribution in [3.05, 3.63) is 157 Å². The number of aromatic nitrogens is 4. The number of hydrogen-bond acceptors (Lipinski definition) is 11. The second-order valence-electron chi connectivity index (χ2n) is 10.5. The number of hydrogen-bond donors (Lipinski definition) is 1. The summed E-state index contributed by atoms with van der Waals surface area (Å²) in [7, 11) is 2.90. The number of ether oxygens (including phenoxy) is 2. The molecular formula is C35H26ClF4N7O6. The van der Waals surface area contributed by atoms with Gasteiger partial charge in [-0.05, 0) is 54.1 Å². The van der Waals surface area contributed by atoms with Gasteiger partial charge in [-0.15, -0.1) is 0 Å². The van der Waals surface area contributed by atoms with Crippen molar-refractivity contribution >= 4 is 28.7 Å². The maximum atomic E-state index is 13.4. The summed E-state index contributed by atoms with van der Waals surface area (Å²) < 4.78 is 62.6. The molecule has 0 aliphatic carbocycles. The fraction of sp³-hybridized carbons (Fsp3) is 0.0857. The lowest BCUT2D eigenvalue weighted by Gasteiger charge is -2.09. The minimum atomic E-state index is -0.891. The summed E-state index contributed by atoms with van der Waals surface area (Å²) in [5.41, 5.74) is 7.67. The predicted octanol–water partition coefficient (Wildman–Crippen LogP) is 8.19. The van der Waals surface area contributed by atoms with Crippen molar-refractivity contribution in [3.8, 4) is 34.0 Å². The molecule has 0 saturated heterocycles. The van der Waals surface area contributed by atoms with Gasteiger partial charge in [0, 0.05) is 59.3 Å². The molecular weight excluding hydrogens is 726 g/mol. The van der Waals surface area contributed by atoms with E-state index in [-0.39, 0.29) is 17.9 Å². The van der Waals surface area contributed by atoms with Crippen molar-refractivity contribution in [1.82, 2.24) is 19.9 Å². The Bertz CT molecular complexity index is 2270. The summed E-state index contributed by atoms with van der Waals surface area (Å²) in [5.74, 6) is -1.82. The van der Waals surface area contributed by atoms with Gasteiger partial charge in [-0.25, -0.2) is 28.7 Å². The highest BCUT2D eigenvalue weighted by atomic mass is 35.5. The van der Waals surface area contributed by atoms with E-state index in [1.165, 1.54) is 69.3 Å². The summed E-state index contributed by atoms with van der Waals surface area (Å²) in [6.45, 7) is 0. The molecule has 272 valence electrons. The van der Waals surface area contributed by atoms with Crippen LogP contribution in [0.25, 0.3) is 22.5 Å². The van der Waals surface area contributed by atoms with E-state index in [0.717, 1.165) is 18.2 Å². The zero-order valence-corrected chi connectivity index (χ0v) is 28.3. The molecule has 53 heavy (non-hydrogen) atoms. The zero-order valence-electron chi connectivity index (χ0n) is 27.5. The van der Waals surface area contributed by atoms with Crippen molar-refractivity contribution in [2.45, 2.75) is 6.42 Å². The topological polar surface area (TPSA) is 182 Å². The Kier molecular flexibility index (Phi) is 13.2. The highest BCUT2D eigenvalue weighted by Gasteiger charge is 2.16. The van der Waals surface area contributed by atoms with E-state index in [0.29, 0.717) is 50.4 Å². The average molecular weight is 752 g/mol. The average Bonchev–Trinajstić information content (AvgIpc) is 3.13. The molecule has 0 unspecified atom stereocenters. The minimum absolute atomic E-state index is 0.179. The Morgan fingerprint density at radius 3 is 1.68 bits per heavy atom. The number of nitro benzene ring substituents is 2. The van der Waals surface area contributed by atoms with E-state index >= 15 is 0 Å². The van der Waals surface area contributed by atoms with E-state index in [1.807, 2.05) is 0 Å². The van der Waals surface area contributed by atoms with E-state index in [1.54, 1.807) is 24.3 Å². The van der Waals surface area contributed by atoms with Gasteiger partial charge in [-0.2, -0.15) is 8.78 Å². The summed E-state index contributed by atoms with van der Waals surface area (Å²) in [4.78, 5) is 35.5. The molecule has 0 spiro atoms. The van der Waals surface area contributed by atoms with Crippen LogP contribution < -0.4 is 15.2 Å². The first-order valence-corrected chi connectivity index (χ1v) is 15.3. The number of nitrogens with two attached hydrogens (primary N) is 1. The fourth-order valence-electron chi connectivity index (χ4n) is 4.56. The van der Waals surface area contributed by atoms with Crippen molar-refractivity contribution in [1.29, 1.82) is 0 Å². The van der Waals surface area contributed by atoms with Crippen LogP contribution in [-0.4, -0.2) is 44.0 Å². The smallest absolute Gasteiger partial charge is 0.306 e. The quantitative estimate of drug-likeness (QED) is 0.0520. The van der Waals surface area contributed by atoms with E-state index in [4.69, 9.17) is 26.8 Å². The summed E-state index contributed by atoms with van der Waals surface area (Å²) in [5, 5.41) is 21.3. The fourth-order valence-corrected chi connectivity index (χ4v) is 4.71. The molecule has 2 N–H and O–H groups in total. The third-order valence-electron chi connectivity index (χ3n) is 7.00. The van der Waals surface area contributed by atoms with E-state index in [9.17, 15) is 37.8 Å². The van der Waals surface area contributed by atoms with Gasteiger partial charge in [-0.1, -0.05) is 17.7 Å². The van der Waals surface area contributed by atoms with Crippen molar-refractivity contribution in [3.63, 3.8) is 0 Å². The summed E-state index contributed by atoms with van der Waals surface area (Å²) in [6.07, 6.45) is 2.94. The largest absolute Gasteiger partial charge is 0.496 e. The normalized spacial score (nSPS) is 10.2. The highest BCUT2D eigenvalue weighted by molar-refractivity contribution is 6.29. The second kappa shape index (κ2) is 18.0. The van der Waals surface area contributed by atoms with Crippen LogP contribution in [0, 0.1) is 43.5 Å². The SMILES string of the molecule is COc1cc(F)ccc1-c1cc(Cc2ccc(F)c([N+](=O)[O-])c2)ncn1.COc1cc(F)ccc1-c1cc(Cl)ncn1.Nc1ccc(F)c([N+](=O)[O-])c1. The number of nitro groups is 2. The van der Waals surface area contributed by atoms with E-state index in [2.05, 4.69) is 19.9 Å². The zero-order chi connectivity index (χ0) is 38.7. The second-order valence-corrected chi connectivity index (χ2v) is 10.9.